The lowest BCUT2D eigenvalue weighted by molar-refractivity contribution is -0.395. The molecule has 6 nitrogen and oxygen atoms in total. The summed E-state index contributed by atoms with van der Waals surface area (Å²) in [4.78, 5) is 26.4. The maximum atomic E-state index is 12.8. The molecule has 1 unspecified atom stereocenters. The highest BCUT2D eigenvalue weighted by Gasteiger charge is 2.27. The largest absolute Gasteiger partial charge is 0.442 e. The lowest BCUT2D eigenvalue weighted by atomic mass is 10.0. The van der Waals surface area contributed by atoms with Gasteiger partial charge >= 0.3 is 5.97 Å². The minimum atomic E-state index is -0.662. The van der Waals surface area contributed by atoms with Gasteiger partial charge in [0.05, 0.1) is 15.9 Å². The number of ether oxygens (including phenoxy) is 1. The van der Waals surface area contributed by atoms with E-state index in [1.165, 1.54) is 24.3 Å². The first-order chi connectivity index (χ1) is 14.1. The van der Waals surface area contributed by atoms with E-state index in [0.717, 1.165) is 22.0 Å². The zero-order chi connectivity index (χ0) is 20.2. The van der Waals surface area contributed by atoms with Crippen molar-refractivity contribution >= 4 is 22.4 Å². The smallest absolute Gasteiger partial charge is 0.339 e. The maximum absolute atomic E-state index is 12.8. The lowest BCUT2D eigenvalue weighted by Gasteiger charge is -2.16. The van der Waals surface area contributed by atoms with Crippen LogP contribution in [0.25, 0.3) is 10.8 Å². The molecule has 3 aromatic carbocycles. The number of non-ortho nitro benzene ring substituents is 1. The van der Waals surface area contributed by atoms with Gasteiger partial charge in [-0.3, -0.25) is 10.1 Å². The van der Waals surface area contributed by atoms with Gasteiger partial charge in [0.2, 0.25) is 11.8 Å². The van der Waals surface area contributed by atoms with Gasteiger partial charge in [-0.05, 0) is 23.6 Å². The van der Waals surface area contributed by atoms with Crippen LogP contribution in [0.3, 0.4) is 0 Å². The number of nitrogens with one attached hydrogen (secondary N) is 1. The van der Waals surface area contributed by atoms with Gasteiger partial charge < -0.3 is 4.74 Å². The summed E-state index contributed by atoms with van der Waals surface area (Å²) < 4.78 is 5.88. The molecule has 0 aliphatic heterocycles. The number of aromatic amines is 1. The third-order valence-electron chi connectivity index (χ3n) is 4.66. The van der Waals surface area contributed by atoms with Crippen molar-refractivity contribution in [3.05, 3.63) is 118 Å². The molecule has 1 atom stereocenters. The van der Waals surface area contributed by atoms with Gasteiger partial charge in [0.1, 0.15) is 0 Å². The van der Waals surface area contributed by atoms with E-state index < -0.39 is 17.0 Å². The average molecular weight is 385 g/mol. The van der Waals surface area contributed by atoms with Crippen molar-refractivity contribution in [3.8, 4) is 0 Å². The zero-order valence-corrected chi connectivity index (χ0v) is 15.3. The van der Waals surface area contributed by atoms with Crippen LogP contribution in [0.4, 0.5) is 5.69 Å². The lowest BCUT2D eigenvalue weighted by Crippen LogP contribution is -2.21. The number of H-pyrrole nitrogens is 1. The van der Waals surface area contributed by atoms with Crippen LogP contribution in [0.5, 0.6) is 0 Å². The highest BCUT2D eigenvalue weighted by Crippen LogP contribution is 2.29. The van der Waals surface area contributed by atoms with E-state index in [2.05, 4.69) is 4.98 Å². The molecule has 0 amide bonds. The molecule has 1 aromatic heterocycles. The Morgan fingerprint density at radius 2 is 1.59 bits per heavy atom. The van der Waals surface area contributed by atoms with Crippen LogP contribution in [0.2, 0.25) is 0 Å². The summed E-state index contributed by atoms with van der Waals surface area (Å²) in [6, 6.07) is 24.6. The van der Waals surface area contributed by atoms with Gasteiger partial charge in [0.15, 0.2) is 6.20 Å². The third kappa shape index (κ3) is 3.82. The molecule has 1 heterocycles. The topological polar surface area (TPSA) is 83.6 Å². The fraction of sp³-hybridized carbons (Fsp3) is 0.0435. The molecular formula is C23H17N2O4+. The highest BCUT2D eigenvalue weighted by molar-refractivity contribution is 5.90. The Hall–Kier alpha value is -4.06. The van der Waals surface area contributed by atoms with Crippen molar-refractivity contribution in [2.24, 2.45) is 0 Å². The molecule has 29 heavy (non-hydrogen) atoms. The van der Waals surface area contributed by atoms with E-state index in [-0.39, 0.29) is 11.3 Å². The fourth-order valence-corrected chi connectivity index (χ4v) is 3.22. The summed E-state index contributed by atoms with van der Waals surface area (Å²) in [5, 5.41) is 12.8. The number of carbonyl (C=O) groups is 1. The molecule has 0 saturated carbocycles. The first-order valence-corrected chi connectivity index (χ1v) is 9.03. The quantitative estimate of drug-likeness (QED) is 0.287. The normalized spacial score (nSPS) is 11.7. The minimum Gasteiger partial charge on any atom is -0.442 e. The number of carbonyl (C=O) groups excluding carboxylic acids is 1. The summed E-state index contributed by atoms with van der Waals surface area (Å²) in [5.41, 5.74) is 1.74. The number of rotatable bonds is 5. The number of pyridine rings is 1. The zero-order valence-electron chi connectivity index (χ0n) is 15.3. The molecule has 0 spiro atoms. The highest BCUT2D eigenvalue weighted by atomic mass is 16.6. The number of nitro groups is 1. The average Bonchev–Trinajstić information content (AvgIpc) is 2.77. The molecule has 4 rings (SSSR count). The molecule has 0 fully saturated rings. The second-order valence-corrected chi connectivity index (χ2v) is 6.48. The first kappa shape index (κ1) is 18.3. The van der Waals surface area contributed by atoms with E-state index in [9.17, 15) is 14.9 Å². The molecule has 0 bridgehead atoms. The van der Waals surface area contributed by atoms with Crippen molar-refractivity contribution in [1.29, 1.82) is 0 Å². The predicted octanol–water partition coefficient (Wildman–Crippen LogP) is 4.51. The number of esters is 1. The van der Waals surface area contributed by atoms with Gasteiger partial charge in [-0.1, -0.05) is 48.5 Å². The Kier molecular flexibility index (Phi) is 4.99. The summed E-state index contributed by atoms with van der Waals surface area (Å²) in [6.45, 7) is 0. The second kappa shape index (κ2) is 7.90. The van der Waals surface area contributed by atoms with Gasteiger partial charge in [0, 0.05) is 23.8 Å². The van der Waals surface area contributed by atoms with Gasteiger partial charge in [0.25, 0.3) is 5.69 Å². The molecule has 1 N–H and O–H groups in total. The summed E-state index contributed by atoms with van der Waals surface area (Å²) in [5.74, 6) is -0.560. The van der Waals surface area contributed by atoms with Crippen LogP contribution in [-0.2, 0) is 4.74 Å². The SMILES string of the molecule is O=C(OC(c1ccccc1)c1[nH+]ccc2ccccc12)c1ccc([N+](=O)[O-])cc1. The monoisotopic (exact) mass is 385 g/mol. The van der Waals surface area contributed by atoms with Crippen molar-refractivity contribution in [3.63, 3.8) is 0 Å². The Bertz CT molecular complexity index is 1170. The maximum Gasteiger partial charge on any atom is 0.339 e. The first-order valence-electron chi connectivity index (χ1n) is 9.03. The molecule has 0 aliphatic rings. The van der Waals surface area contributed by atoms with Crippen LogP contribution >= 0.6 is 0 Å². The third-order valence-corrected chi connectivity index (χ3v) is 4.66. The number of hydrogen-bond donors (Lipinski definition) is 0. The van der Waals surface area contributed by atoms with Gasteiger partial charge in [-0.15, -0.1) is 0 Å². The van der Waals surface area contributed by atoms with Crippen molar-refractivity contribution < 1.29 is 19.4 Å². The van der Waals surface area contributed by atoms with Crippen LogP contribution in [0, 0.1) is 10.1 Å². The predicted molar refractivity (Wildman–Crippen MR) is 107 cm³/mol. The number of fused-ring (bicyclic) bond motifs is 1. The van der Waals surface area contributed by atoms with Gasteiger partial charge in [-0.2, -0.15) is 0 Å². The molecule has 142 valence electrons. The molecule has 4 aromatic rings. The molecular weight excluding hydrogens is 368 g/mol. The standard InChI is InChI=1S/C23H16N2O4/c26-23(18-10-12-19(13-11-18)25(27)28)29-22(17-7-2-1-3-8-17)21-20-9-5-4-6-16(20)14-15-24-21/h1-15,22H/p+1. The molecule has 6 heteroatoms. The fourth-order valence-electron chi connectivity index (χ4n) is 3.22. The van der Waals surface area contributed by atoms with Crippen molar-refractivity contribution in [1.82, 2.24) is 0 Å². The van der Waals surface area contributed by atoms with E-state index in [0.29, 0.717) is 0 Å². The van der Waals surface area contributed by atoms with Gasteiger partial charge in [-0.25, -0.2) is 9.78 Å². The Balaban J connectivity index is 1.74. The van der Waals surface area contributed by atoms with E-state index in [4.69, 9.17) is 4.74 Å². The molecule has 0 radical (unpaired) electrons. The summed E-state index contributed by atoms with van der Waals surface area (Å²) >= 11 is 0. The van der Waals surface area contributed by atoms with Crippen LogP contribution in [-0.4, -0.2) is 10.9 Å². The van der Waals surface area contributed by atoms with E-state index in [1.54, 1.807) is 0 Å². The Morgan fingerprint density at radius 3 is 2.31 bits per heavy atom. The van der Waals surface area contributed by atoms with Crippen LogP contribution in [0.1, 0.15) is 27.7 Å². The van der Waals surface area contributed by atoms with Crippen LogP contribution in [0.15, 0.2) is 91.1 Å². The number of nitro benzene ring substituents is 1. The van der Waals surface area contributed by atoms with Crippen LogP contribution < -0.4 is 4.98 Å². The summed E-state index contributed by atoms with van der Waals surface area (Å²) in [6.07, 6.45) is 1.15. The van der Waals surface area contributed by atoms with Crippen molar-refractivity contribution in [2.45, 2.75) is 6.10 Å². The molecule has 0 saturated heterocycles. The van der Waals surface area contributed by atoms with E-state index in [1.807, 2.05) is 66.9 Å². The summed E-state index contributed by atoms with van der Waals surface area (Å²) in [7, 11) is 0. The minimum absolute atomic E-state index is 0.0800. The number of benzene rings is 3. The number of aromatic nitrogens is 1. The number of nitrogens with zero attached hydrogens (tertiary/aromatic N) is 1. The molecule has 0 aliphatic carbocycles. The number of hydrogen-bond acceptors (Lipinski definition) is 4. The Labute approximate surface area is 166 Å². The Morgan fingerprint density at radius 1 is 0.897 bits per heavy atom. The van der Waals surface area contributed by atoms with Crippen molar-refractivity contribution in [2.75, 3.05) is 0 Å². The van der Waals surface area contributed by atoms with E-state index >= 15 is 0 Å². The second-order valence-electron chi connectivity index (χ2n) is 6.48.